The molecule has 2 N–H and O–H groups in total. The summed E-state index contributed by atoms with van der Waals surface area (Å²) in [5.74, 6) is 0. The standard InChI is InChI=1S/C17H25N3/c1-14(11-17-5-3-2-4-10-19-17)20-13-16-8-6-15(12-18)7-9-16/h6-9,14,17,19-20H,2-5,10-11,13H2,1H3. The minimum atomic E-state index is 0.515. The first kappa shape index (κ1) is 15.0. The number of nitriles is 1. The Morgan fingerprint density at radius 3 is 2.85 bits per heavy atom. The van der Waals surface area contributed by atoms with E-state index >= 15 is 0 Å². The topological polar surface area (TPSA) is 47.8 Å². The fourth-order valence-electron chi connectivity index (χ4n) is 2.80. The highest BCUT2D eigenvalue weighted by Gasteiger charge is 2.14. The second-order valence-electron chi connectivity index (χ2n) is 5.83. The Bertz CT molecular complexity index is 425. The Hall–Kier alpha value is -1.37. The zero-order valence-corrected chi connectivity index (χ0v) is 12.4. The van der Waals surface area contributed by atoms with Crippen LogP contribution in [-0.4, -0.2) is 18.6 Å². The Kier molecular flexibility index (Phi) is 6.04. The van der Waals surface area contributed by atoms with Gasteiger partial charge >= 0.3 is 0 Å². The summed E-state index contributed by atoms with van der Waals surface area (Å²) in [7, 11) is 0. The van der Waals surface area contributed by atoms with Gasteiger partial charge in [0.1, 0.15) is 0 Å². The smallest absolute Gasteiger partial charge is 0.0991 e. The van der Waals surface area contributed by atoms with Crippen LogP contribution in [0.2, 0.25) is 0 Å². The molecular formula is C17H25N3. The van der Waals surface area contributed by atoms with E-state index in [0.29, 0.717) is 12.1 Å². The molecule has 0 saturated carbocycles. The fourth-order valence-corrected chi connectivity index (χ4v) is 2.80. The van der Waals surface area contributed by atoms with E-state index in [1.807, 2.05) is 24.3 Å². The van der Waals surface area contributed by atoms with Gasteiger partial charge in [0.2, 0.25) is 0 Å². The monoisotopic (exact) mass is 271 g/mol. The summed E-state index contributed by atoms with van der Waals surface area (Å²) in [5.41, 5.74) is 1.97. The zero-order valence-electron chi connectivity index (χ0n) is 12.4. The van der Waals surface area contributed by atoms with Crippen LogP contribution in [0.25, 0.3) is 0 Å². The summed E-state index contributed by atoms with van der Waals surface area (Å²) in [4.78, 5) is 0. The lowest BCUT2D eigenvalue weighted by molar-refractivity contribution is 0.402. The van der Waals surface area contributed by atoms with Crippen molar-refractivity contribution >= 4 is 0 Å². The maximum Gasteiger partial charge on any atom is 0.0991 e. The minimum Gasteiger partial charge on any atom is -0.314 e. The third kappa shape index (κ3) is 4.96. The quantitative estimate of drug-likeness (QED) is 0.865. The lowest BCUT2D eigenvalue weighted by Gasteiger charge is -2.21. The molecule has 1 aliphatic heterocycles. The van der Waals surface area contributed by atoms with E-state index in [1.165, 1.54) is 44.2 Å². The predicted molar refractivity (Wildman–Crippen MR) is 82.3 cm³/mol. The average Bonchev–Trinajstić information content (AvgIpc) is 2.74. The minimum absolute atomic E-state index is 0.515. The van der Waals surface area contributed by atoms with Crippen molar-refractivity contribution in [2.45, 2.75) is 57.7 Å². The van der Waals surface area contributed by atoms with E-state index in [9.17, 15) is 0 Å². The number of rotatable bonds is 5. The highest BCUT2D eigenvalue weighted by atomic mass is 14.9. The predicted octanol–water partition coefficient (Wildman–Crippen LogP) is 2.96. The van der Waals surface area contributed by atoms with Gasteiger partial charge < -0.3 is 10.6 Å². The molecule has 2 rings (SSSR count). The first-order valence-corrected chi connectivity index (χ1v) is 7.74. The third-order valence-corrected chi connectivity index (χ3v) is 4.04. The summed E-state index contributed by atoms with van der Waals surface area (Å²) in [6, 6.07) is 11.2. The van der Waals surface area contributed by atoms with E-state index in [2.05, 4.69) is 23.6 Å². The molecular weight excluding hydrogens is 246 g/mol. The Morgan fingerprint density at radius 2 is 2.10 bits per heavy atom. The van der Waals surface area contributed by atoms with Gasteiger partial charge in [-0.05, 0) is 50.4 Å². The van der Waals surface area contributed by atoms with Gasteiger partial charge in [0.25, 0.3) is 0 Å². The maximum absolute atomic E-state index is 8.78. The van der Waals surface area contributed by atoms with E-state index in [1.54, 1.807) is 0 Å². The molecule has 0 spiro atoms. The molecule has 2 atom stereocenters. The number of hydrogen-bond donors (Lipinski definition) is 2. The molecule has 1 heterocycles. The lowest BCUT2D eigenvalue weighted by atomic mass is 10.0. The van der Waals surface area contributed by atoms with Crippen molar-refractivity contribution < 1.29 is 0 Å². The van der Waals surface area contributed by atoms with Crippen LogP contribution in [0.1, 0.15) is 50.2 Å². The first-order valence-electron chi connectivity index (χ1n) is 7.74. The molecule has 1 saturated heterocycles. The van der Waals surface area contributed by atoms with Crippen LogP contribution in [0.3, 0.4) is 0 Å². The van der Waals surface area contributed by atoms with Gasteiger partial charge in [-0.1, -0.05) is 25.0 Å². The van der Waals surface area contributed by atoms with Crippen molar-refractivity contribution in [3.05, 3.63) is 35.4 Å². The van der Waals surface area contributed by atoms with Gasteiger partial charge in [0.15, 0.2) is 0 Å². The number of nitrogens with one attached hydrogen (secondary N) is 2. The second kappa shape index (κ2) is 8.04. The van der Waals surface area contributed by atoms with E-state index in [4.69, 9.17) is 5.26 Å². The SMILES string of the molecule is CC(CC1CCCCCN1)NCc1ccc(C#N)cc1. The van der Waals surface area contributed by atoms with Gasteiger partial charge in [-0.3, -0.25) is 0 Å². The Morgan fingerprint density at radius 1 is 1.30 bits per heavy atom. The van der Waals surface area contributed by atoms with Crippen LogP contribution in [0, 0.1) is 11.3 Å². The molecule has 0 aliphatic carbocycles. The molecule has 1 aliphatic rings. The molecule has 3 nitrogen and oxygen atoms in total. The normalized spacial score (nSPS) is 20.9. The Balaban J connectivity index is 1.73. The molecule has 3 heteroatoms. The molecule has 1 fully saturated rings. The summed E-state index contributed by atoms with van der Waals surface area (Å²) < 4.78 is 0. The van der Waals surface area contributed by atoms with Crippen molar-refractivity contribution in [1.29, 1.82) is 5.26 Å². The molecule has 0 aromatic heterocycles. The average molecular weight is 271 g/mol. The molecule has 108 valence electrons. The summed E-state index contributed by atoms with van der Waals surface area (Å²) in [6.07, 6.45) is 6.55. The Labute approximate surface area is 122 Å². The largest absolute Gasteiger partial charge is 0.314 e. The molecule has 20 heavy (non-hydrogen) atoms. The first-order chi connectivity index (χ1) is 9.78. The summed E-state index contributed by atoms with van der Waals surface area (Å²) in [6.45, 7) is 4.31. The summed E-state index contributed by atoms with van der Waals surface area (Å²) in [5, 5.41) is 16.0. The fraction of sp³-hybridized carbons (Fsp3) is 0.588. The zero-order chi connectivity index (χ0) is 14.2. The highest BCUT2D eigenvalue weighted by molar-refractivity contribution is 5.31. The van der Waals surface area contributed by atoms with Crippen LogP contribution < -0.4 is 10.6 Å². The van der Waals surface area contributed by atoms with Gasteiger partial charge in [0.05, 0.1) is 11.6 Å². The van der Waals surface area contributed by atoms with Gasteiger partial charge in [-0.2, -0.15) is 5.26 Å². The molecule has 1 aromatic rings. The molecule has 2 unspecified atom stereocenters. The van der Waals surface area contributed by atoms with Crippen molar-refractivity contribution in [2.75, 3.05) is 6.54 Å². The lowest BCUT2D eigenvalue weighted by Crippen LogP contribution is -2.36. The van der Waals surface area contributed by atoms with Crippen LogP contribution in [-0.2, 0) is 6.54 Å². The van der Waals surface area contributed by atoms with Crippen LogP contribution in [0.4, 0.5) is 0 Å². The molecule has 0 radical (unpaired) electrons. The van der Waals surface area contributed by atoms with E-state index in [0.717, 1.165) is 12.1 Å². The van der Waals surface area contributed by atoms with Gasteiger partial charge in [-0.25, -0.2) is 0 Å². The van der Waals surface area contributed by atoms with Crippen molar-refractivity contribution in [1.82, 2.24) is 10.6 Å². The van der Waals surface area contributed by atoms with Gasteiger partial charge in [-0.15, -0.1) is 0 Å². The third-order valence-electron chi connectivity index (χ3n) is 4.04. The maximum atomic E-state index is 8.78. The number of nitrogens with zero attached hydrogens (tertiary/aromatic N) is 1. The molecule has 1 aromatic carbocycles. The van der Waals surface area contributed by atoms with E-state index in [-0.39, 0.29) is 0 Å². The summed E-state index contributed by atoms with van der Waals surface area (Å²) >= 11 is 0. The van der Waals surface area contributed by atoms with Crippen molar-refractivity contribution in [3.8, 4) is 6.07 Å². The van der Waals surface area contributed by atoms with Gasteiger partial charge in [0, 0.05) is 18.6 Å². The number of benzene rings is 1. The van der Waals surface area contributed by atoms with Crippen molar-refractivity contribution in [3.63, 3.8) is 0 Å². The van der Waals surface area contributed by atoms with Crippen LogP contribution in [0.5, 0.6) is 0 Å². The molecule has 0 bridgehead atoms. The van der Waals surface area contributed by atoms with Crippen molar-refractivity contribution in [2.24, 2.45) is 0 Å². The second-order valence-corrected chi connectivity index (χ2v) is 5.83. The van der Waals surface area contributed by atoms with E-state index < -0.39 is 0 Å². The van der Waals surface area contributed by atoms with Crippen LogP contribution in [0.15, 0.2) is 24.3 Å². The number of hydrogen-bond acceptors (Lipinski definition) is 3. The van der Waals surface area contributed by atoms with Crippen LogP contribution >= 0.6 is 0 Å². The highest BCUT2D eigenvalue weighted by Crippen LogP contribution is 2.13. The molecule has 0 amide bonds.